The van der Waals surface area contributed by atoms with Crippen LogP contribution in [0.2, 0.25) is 5.02 Å². The summed E-state index contributed by atoms with van der Waals surface area (Å²) in [6, 6.07) is 6.24. The van der Waals surface area contributed by atoms with Gasteiger partial charge < -0.3 is 14.6 Å². The first-order chi connectivity index (χ1) is 14.3. The van der Waals surface area contributed by atoms with E-state index in [1.165, 1.54) is 0 Å². The predicted octanol–water partition coefficient (Wildman–Crippen LogP) is 3.69. The molecule has 0 bridgehead atoms. The fourth-order valence-electron chi connectivity index (χ4n) is 4.98. The lowest BCUT2D eigenvalue weighted by molar-refractivity contribution is 0.0660. The number of aromatic nitrogens is 2. The molecule has 1 fully saturated rings. The van der Waals surface area contributed by atoms with E-state index < -0.39 is 11.3 Å². The minimum absolute atomic E-state index is 0.0507. The van der Waals surface area contributed by atoms with Gasteiger partial charge in [0.2, 0.25) is 5.75 Å². The monoisotopic (exact) mass is 429 g/mol. The molecule has 1 aliphatic carbocycles. The van der Waals surface area contributed by atoms with Crippen molar-refractivity contribution in [2.45, 2.75) is 70.4 Å². The Morgan fingerprint density at radius 1 is 1.27 bits per heavy atom. The summed E-state index contributed by atoms with van der Waals surface area (Å²) in [6.45, 7) is 4.54. The minimum atomic E-state index is -0.736. The molecule has 0 saturated heterocycles. The first-order valence-electron chi connectivity index (χ1n) is 10.7. The highest BCUT2D eigenvalue weighted by Crippen LogP contribution is 2.44. The Labute approximate surface area is 181 Å². The molecule has 6 nitrogen and oxygen atoms in total. The van der Waals surface area contributed by atoms with Gasteiger partial charge in [0.25, 0.3) is 5.91 Å². The highest BCUT2D eigenvalue weighted by molar-refractivity contribution is 6.31. The van der Waals surface area contributed by atoms with Gasteiger partial charge in [-0.05, 0) is 43.4 Å². The number of aryl methyl sites for hydroxylation is 1. The zero-order chi connectivity index (χ0) is 21.6. The lowest BCUT2D eigenvalue weighted by Gasteiger charge is -2.36. The Morgan fingerprint density at radius 3 is 2.60 bits per heavy atom. The largest absolute Gasteiger partial charge is 0.501 e. The summed E-state index contributed by atoms with van der Waals surface area (Å²) in [7, 11) is 1.69. The van der Waals surface area contributed by atoms with Crippen molar-refractivity contribution in [3.8, 4) is 5.75 Å². The normalized spacial score (nSPS) is 20.5. The number of carbonyl (C=O) groups is 1. The van der Waals surface area contributed by atoms with Crippen LogP contribution in [0, 0.1) is 0 Å². The van der Waals surface area contributed by atoms with Gasteiger partial charge in [0, 0.05) is 36.5 Å². The van der Waals surface area contributed by atoms with Gasteiger partial charge >= 0.3 is 5.56 Å². The van der Waals surface area contributed by atoms with E-state index in [2.05, 4.69) is 30.1 Å². The van der Waals surface area contributed by atoms with Gasteiger partial charge in [0.1, 0.15) is 5.82 Å². The van der Waals surface area contributed by atoms with E-state index in [1.807, 2.05) is 6.92 Å². The summed E-state index contributed by atoms with van der Waals surface area (Å²) in [5, 5.41) is 11.1. The minimum Gasteiger partial charge on any atom is -0.501 e. The standard InChI is InChI=1S/C23H28ClN3O3/c1-4-15-7-8-16(11-17(15)24)23(9-5-6-10-23)12-18-25-21(29)20(28)19-22(30)26(3)14(2)13-27(18)19/h7-8,11,14,28H,4-6,9-10,12-13H2,1-3H3/t14-/m0/s1. The molecule has 0 unspecified atom stereocenters. The maximum Gasteiger partial charge on any atom is 0.315 e. The van der Waals surface area contributed by atoms with Crippen LogP contribution >= 0.6 is 11.6 Å². The Hall–Kier alpha value is -2.34. The van der Waals surface area contributed by atoms with Crippen LogP contribution in [0.15, 0.2) is 23.0 Å². The zero-order valence-corrected chi connectivity index (χ0v) is 18.5. The number of amides is 1. The predicted molar refractivity (Wildman–Crippen MR) is 116 cm³/mol. The lowest BCUT2D eigenvalue weighted by Crippen LogP contribution is -2.47. The SMILES string of the molecule is CCc1ccc(C2(Cc3nc(=O)c(O)c4n3C[C@H](C)N(C)C4=O)CCCC2)cc1Cl. The first kappa shape index (κ1) is 20.9. The molecule has 0 spiro atoms. The number of likely N-dealkylation sites (N-methyl/N-ethyl adjacent to an activating group) is 1. The number of benzene rings is 1. The van der Waals surface area contributed by atoms with E-state index in [-0.39, 0.29) is 23.1 Å². The molecule has 2 aliphatic rings. The highest BCUT2D eigenvalue weighted by Gasteiger charge is 2.40. The van der Waals surface area contributed by atoms with Gasteiger partial charge in [0.15, 0.2) is 5.69 Å². The second kappa shape index (κ2) is 7.73. The third-order valence-corrected chi connectivity index (χ3v) is 7.33. The van der Waals surface area contributed by atoms with Crippen LogP contribution < -0.4 is 5.56 Å². The van der Waals surface area contributed by atoms with E-state index >= 15 is 0 Å². The summed E-state index contributed by atoms with van der Waals surface area (Å²) in [6.07, 6.45) is 5.57. The van der Waals surface area contributed by atoms with Crippen LogP contribution in [0.3, 0.4) is 0 Å². The number of halogens is 1. The van der Waals surface area contributed by atoms with Crippen molar-refractivity contribution in [1.29, 1.82) is 0 Å². The third kappa shape index (κ3) is 3.31. The number of nitrogens with zero attached hydrogens (tertiary/aromatic N) is 3. The van der Waals surface area contributed by atoms with Crippen molar-refractivity contribution in [2.24, 2.45) is 0 Å². The van der Waals surface area contributed by atoms with E-state index in [4.69, 9.17) is 11.6 Å². The molecule has 1 amide bonds. The molecule has 160 valence electrons. The summed E-state index contributed by atoms with van der Waals surface area (Å²) in [5.74, 6) is -0.333. The quantitative estimate of drug-likeness (QED) is 0.804. The van der Waals surface area contributed by atoms with Crippen LogP contribution in [-0.4, -0.2) is 38.6 Å². The van der Waals surface area contributed by atoms with E-state index in [1.54, 1.807) is 16.5 Å². The van der Waals surface area contributed by atoms with Crippen molar-refractivity contribution in [2.75, 3.05) is 7.05 Å². The number of aromatic hydroxyl groups is 1. The molecule has 1 atom stereocenters. The van der Waals surface area contributed by atoms with Gasteiger partial charge in [0.05, 0.1) is 0 Å². The molecule has 2 aromatic rings. The van der Waals surface area contributed by atoms with Crippen LogP contribution in [0.4, 0.5) is 0 Å². The molecule has 0 radical (unpaired) electrons. The molecule has 1 aliphatic heterocycles. The van der Waals surface area contributed by atoms with Gasteiger partial charge in [-0.3, -0.25) is 9.59 Å². The fraction of sp³-hybridized carbons (Fsp3) is 0.522. The molecule has 1 saturated carbocycles. The molecule has 7 heteroatoms. The van der Waals surface area contributed by atoms with E-state index in [0.29, 0.717) is 18.8 Å². The van der Waals surface area contributed by atoms with Crippen LogP contribution in [0.1, 0.15) is 67.0 Å². The summed E-state index contributed by atoms with van der Waals surface area (Å²) in [4.78, 5) is 31.0. The van der Waals surface area contributed by atoms with E-state index in [9.17, 15) is 14.7 Å². The van der Waals surface area contributed by atoms with Gasteiger partial charge in [-0.25, -0.2) is 0 Å². The molecular weight excluding hydrogens is 402 g/mol. The van der Waals surface area contributed by atoms with Gasteiger partial charge in [-0.15, -0.1) is 0 Å². The average Bonchev–Trinajstić information content (AvgIpc) is 3.19. The van der Waals surface area contributed by atoms with Crippen LogP contribution in [-0.2, 0) is 24.8 Å². The van der Waals surface area contributed by atoms with Crippen molar-refractivity contribution >= 4 is 17.5 Å². The second-order valence-electron chi connectivity index (χ2n) is 8.73. The van der Waals surface area contributed by atoms with Gasteiger partial charge in [-0.1, -0.05) is 43.5 Å². The molecule has 4 rings (SSSR count). The van der Waals surface area contributed by atoms with Crippen molar-refractivity contribution < 1.29 is 9.90 Å². The maximum atomic E-state index is 12.8. The fourth-order valence-corrected chi connectivity index (χ4v) is 5.29. The number of rotatable bonds is 4. The Morgan fingerprint density at radius 2 is 1.97 bits per heavy atom. The van der Waals surface area contributed by atoms with Crippen LogP contribution in [0.25, 0.3) is 0 Å². The number of carbonyl (C=O) groups excluding carboxylic acids is 1. The van der Waals surface area contributed by atoms with E-state index in [0.717, 1.165) is 48.3 Å². The molecule has 2 heterocycles. The second-order valence-corrected chi connectivity index (χ2v) is 9.14. The molecule has 30 heavy (non-hydrogen) atoms. The Balaban J connectivity index is 1.83. The molecular formula is C23H28ClN3O3. The van der Waals surface area contributed by atoms with Crippen molar-refractivity contribution in [3.05, 3.63) is 56.2 Å². The summed E-state index contributed by atoms with van der Waals surface area (Å²) in [5.41, 5.74) is 1.42. The topological polar surface area (TPSA) is 75.4 Å². The highest BCUT2D eigenvalue weighted by atomic mass is 35.5. The Kier molecular flexibility index (Phi) is 5.39. The molecule has 1 aromatic heterocycles. The number of hydrogen-bond donors (Lipinski definition) is 1. The zero-order valence-electron chi connectivity index (χ0n) is 17.7. The van der Waals surface area contributed by atoms with Crippen molar-refractivity contribution in [3.63, 3.8) is 0 Å². The lowest BCUT2D eigenvalue weighted by atomic mass is 9.75. The van der Waals surface area contributed by atoms with Gasteiger partial charge in [-0.2, -0.15) is 4.98 Å². The Bertz CT molecular complexity index is 1060. The molecule has 1 aromatic carbocycles. The first-order valence-corrected chi connectivity index (χ1v) is 11.0. The smallest absolute Gasteiger partial charge is 0.315 e. The average molecular weight is 430 g/mol. The number of hydrogen-bond acceptors (Lipinski definition) is 4. The number of fused-ring (bicyclic) bond motifs is 1. The van der Waals surface area contributed by atoms with Crippen molar-refractivity contribution in [1.82, 2.24) is 14.5 Å². The summed E-state index contributed by atoms with van der Waals surface area (Å²) < 4.78 is 1.76. The maximum absolute atomic E-state index is 12.8. The molecule has 1 N–H and O–H groups in total. The van der Waals surface area contributed by atoms with Crippen LogP contribution in [0.5, 0.6) is 5.75 Å². The third-order valence-electron chi connectivity index (χ3n) is 6.97. The summed E-state index contributed by atoms with van der Waals surface area (Å²) >= 11 is 6.53.